The van der Waals surface area contributed by atoms with E-state index < -0.39 is 18.1 Å². The second-order valence-corrected chi connectivity index (χ2v) is 7.76. The van der Waals surface area contributed by atoms with Gasteiger partial charge in [0, 0.05) is 13.5 Å². The van der Waals surface area contributed by atoms with E-state index in [1.165, 1.54) is 19.8 Å². The molecule has 2 rings (SSSR count). The van der Waals surface area contributed by atoms with Gasteiger partial charge in [0.05, 0.1) is 7.11 Å². The van der Waals surface area contributed by atoms with Crippen LogP contribution in [0.3, 0.4) is 0 Å². The molecule has 0 aromatic heterocycles. The number of amides is 1. The topological polar surface area (TPSA) is 64.6 Å². The van der Waals surface area contributed by atoms with Crippen molar-refractivity contribution in [2.45, 2.75) is 44.8 Å². The van der Waals surface area contributed by atoms with Crippen LogP contribution in [0.25, 0.3) is 0 Å². The van der Waals surface area contributed by atoms with E-state index in [1.807, 2.05) is 54.6 Å². The van der Waals surface area contributed by atoms with Crippen molar-refractivity contribution in [2.75, 3.05) is 14.2 Å². The molecule has 0 fully saturated rings. The van der Waals surface area contributed by atoms with Crippen molar-refractivity contribution >= 4 is 11.9 Å². The minimum Gasteiger partial charge on any atom is -0.467 e. The van der Waals surface area contributed by atoms with Crippen molar-refractivity contribution in [3.05, 3.63) is 71.3 Å². The Morgan fingerprint density at radius 1 is 0.964 bits per heavy atom. The SMILES string of the molecule is COC(=O)[C@H](Cc1ccc(C(C)(C)C)cc1)NC(=O)[C@H](OC)c1ccccc1. The zero-order valence-corrected chi connectivity index (χ0v) is 17.2. The Morgan fingerprint density at radius 3 is 2.07 bits per heavy atom. The Morgan fingerprint density at radius 2 is 1.57 bits per heavy atom. The predicted molar refractivity (Wildman–Crippen MR) is 109 cm³/mol. The Balaban J connectivity index is 2.15. The van der Waals surface area contributed by atoms with Crippen molar-refractivity contribution in [3.8, 4) is 0 Å². The highest BCUT2D eigenvalue weighted by molar-refractivity contribution is 5.87. The second kappa shape index (κ2) is 9.51. The third-order valence-electron chi connectivity index (χ3n) is 4.64. The van der Waals surface area contributed by atoms with E-state index in [9.17, 15) is 9.59 Å². The average molecular weight is 383 g/mol. The van der Waals surface area contributed by atoms with Crippen molar-refractivity contribution in [3.63, 3.8) is 0 Å². The van der Waals surface area contributed by atoms with E-state index in [0.29, 0.717) is 6.42 Å². The van der Waals surface area contributed by atoms with Gasteiger partial charge in [0.15, 0.2) is 6.10 Å². The van der Waals surface area contributed by atoms with E-state index in [4.69, 9.17) is 9.47 Å². The van der Waals surface area contributed by atoms with Gasteiger partial charge < -0.3 is 14.8 Å². The number of benzene rings is 2. The third-order valence-corrected chi connectivity index (χ3v) is 4.64. The quantitative estimate of drug-likeness (QED) is 0.743. The fraction of sp³-hybridized carbons (Fsp3) is 0.391. The first-order valence-electron chi connectivity index (χ1n) is 9.31. The highest BCUT2D eigenvalue weighted by atomic mass is 16.5. The van der Waals surface area contributed by atoms with Crippen LogP contribution in [0.5, 0.6) is 0 Å². The number of esters is 1. The lowest BCUT2D eigenvalue weighted by Gasteiger charge is -2.22. The summed E-state index contributed by atoms with van der Waals surface area (Å²) in [6.07, 6.45) is -0.453. The average Bonchev–Trinajstić information content (AvgIpc) is 2.68. The minimum atomic E-state index is -0.795. The molecule has 150 valence electrons. The molecule has 0 aliphatic carbocycles. The number of carbonyl (C=O) groups excluding carboxylic acids is 2. The van der Waals surface area contributed by atoms with Gasteiger partial charge in [-0.1, -0.05) is 75.4 Å². The van der Waals surface area contributed by atoms with Gasteiger partial charge in [-0.05, 0) is 22.1 Å². The maximum atomic E-state index is 12.7. The molecule has 0 bridgehead atoms. The van der Waals surface area contributed by atoms with Gasteiger partial charge in [0.2, 0.25) is 0 Å². The van der Waals surface area contributed by atoms with Crippen molar-refractivity contribution in [2.24, 2.45) is 0 Å². The van der Waals surface area contributed by atoms with Crippen LogP contribution >= 0.6 is 0 Å². The van der Waals surface area contributed by atoms with Gasteiger partial charge in [0.25, 0.3) is 5.91 Å². The molecule has 28 heavy (non-hydrogen) atoms. The number of rotatable bonds is 7. The first-order chi connectivity index (χ1) is 13.3. The van der Waals surface area contributed by atoms with Crippen molar-refractivity contribution in [1.82, 2.24) is 5.32 Å². The lowest BCUT2D eigenvalue weighted by molar-refractivity contribution is -0.146. The maximum Gasteiger partial charge on any atom is 0.328 e. The number of nitrogens with one attached hydrogen (secondary N) is 1. The van der Waals surface area contributed by atoms with Crippen LogP contribution < -0.4 is 5.32 Å². The van der Waals surface area contributed by atoms with Crippen molar-refractivity contribution in [1.29, 1.82) is 0 Å². The molecule has 5 nitrogen and oxygen atoms in total. The van der Waals surface area contributed by atoms with E-state index in [1.54, 1.807) is 0 Å². The van der Waals surface area contributed by atoms with Crippen LogP contribution in [0, 0.1) is 0 Å². The molecular formula is C23H29NO4. The van der Waals surface area contributed by atoms with Gasteiger partial charge in [-0.2, -0.15) is 0 Å². The van der Waals surface area contributed by atoms with E-state index >= 15 is 0 Å². The van der Waals surface area contributed by atoms with Crippen molar-refractivity contribution < 1.29 is 19.1 Å². The smallest absolute Gasteiger partial charge is 0.328 e. The summed E-state index contributed by atoms with van der Waals surface area (Å²) in [5.74, 6) is -0.869. The molecule has 0 heterocycles. The number of methoxy groups -OCH3 is 2. The lowest BCUT2D eigenvalue weighted by Crippen LogP contribution is -2.45. The molecule has 0 radical (unpaired) electrons. The molecule has 0 saturated heterocycles. The first kappa shape index (κ1) is 21.6. The first-order valence-corrected chi connectivity index (χ1v) is 9.31. The number of hydrogen-bond donors (Lipinski definition) is 1. The summed E-state index contributed by atoms with van der Waals surface area (Å²) in [5.41, 5.74) is 2.92. The van der Waals surface area contributed by atoms with Crippen LogP contribution in [0.15, 0.2) is 54.6 Å². The molecule has 0 saturated carbocycles. The molecule has 2 aromatic carbocycles. The standard InChI is InChI=1S/C23H29NO4/c1-23(2,3)18-13-11-16(12-14-18)15-19(22(26)28-5)24-21(25)20(27-4)17-9-7-6-8-10-17/h6-14,19-20H,15H2,1-5H3,(H,24,25)/t19-,20+/m0/s1. The Bertz CT molecular complexity index is 778. The largest absolute Gasteiger partial charge is 0.467 e. The van der Waals surface area contributed by atoms with Crippen LogP contribution in [-0.2, 0) is 30.9 Å². The highest BCUT2D eigenvalue weighted by Gasteiger charge is 2.27. The van der Waals surface area contributed by atoms with E-state index in [2.05, 4.69) is 26.1 Å². The number of carbonyl (C=O) groups is 2. The van der Waals surface area contributed by atoms with Gasteiger partial charge in [-0.25, -0.2) is 4.79 Å². The van der Waals surface area contributed by atoms with Gasteiger partial charge >= 0.3 is 5.97 Å². The molecular weight excluding hydrogens is 354 g/mol. The zero-order chi connectivity index (χ0) is 20.7. The summed E-state index contributed by atoms with van der Waals surface area (Å²) in [6, 6.07) is 16.4. The van der Waals surface area contributed by atoms with Gasteiger partial charge in [0.1, 0.15) is 6.04 Å². The summed E-state index contributed by atoms with van der Waals surface area (Å²) < 4.78 is 10.2. The molecule has 2 atom stereocenters. The predicted octanol–water partition coefficient (Wildman–Crippen LogP) is 3.57. The van der Waals surface area contributed by atoms with E-state index in [0.717, 1.165) is 11.1 Å². The molecule has 0 spiro atoms. The highest BCUT2D eigenvalue weighted by Crippen LogP contribution is 2.23. The maximum absolute atomic E-state index is 12.7. The van der Waals surface area contributed by atoms with Crippen LogP contribution in [0.1, 0.15) is 43.6 Å². The minimum absolute atomic E-state index is 0.0515. The molecule has 0 unspecified atom stereocenters. The normalized spacial score (nSPS) is 13.5. The molecule has 0 aliphatic heterocycles. The Kier molecular flexibility index (Phi) is 7.35. The summed E-state index contributed by atoms with van der Waals surface area (Å²) in [7, 11) is 2.78. The van der Waals surface area contributed by atoms with Gasteiger partial charge in [-0.15, -0.1) is 0 Å². The molecule has 2 aromatic rings. The Hall–Kier alpha value is -2.66. The molecule has 1 N–H and O–H groups in total. The summed E-state index contributed by atoms with van der Waals surface area (Å²) >= 11 is 0. The fourth-order valence-corrected chi connectivity index (χ4v) is 2.98. The van der Waals surface area contributed by atoms with Gasteiger partial charge in [-0.3, -0.25) is 4.79 Å². The molecule has 5 heteroatoms. The summed E-state index contributed by atoms with van der Waals surface area (Å²) in [5, 5.41) is 2.77. The third kappa shape index (κ3) is 5.67. The van der Waals surface area contributed by atoms with E-state index in [-0.39, 0.29) is 11.3 Å². The number of ether oxygens (including phenoxy) is 2. The second-order valence-electron chi connectivity index (χ2n) is 7.76. The molecule has 0 aliphatic rings. The Labute approximate surface area is 167 Å². The number of hydrogen-bond acceptors (Lipinski definition) is 4. The molecule has 1 amide bonds. The summed E-state index contributed by atoms with van der Waals surface area (Å²) in [6.45, 7) is 6.44. The monoisotopic (exact) mass is 383 g/mol. The van der Waals surface area contributed by atoms with Crippen LogP contribution in [0.2, 0.25) is 0 Å². The zero-order valence-electron chi connectivity index (χ0n) is 17.2. The summed E-state index contributed by atoms with van der Waals surface area (Å²) in [4.78, 5) is 25.0. The van der Waals surface area contributed by atoms with Crippen LogP contribution in [-0.4, -0.2) is 32.1 Å². The lowest BCUT2D eigenvalue weighted by atomic mass is 9.86. The fourth-order valence-electron chi connectivity index (χ4n) is 2.98. The van der Waals surface area contributed by atoms with Crippen LogP contribution in [0.4, 0.5) is 0 Å².